The lowest BCUT2D eigenvalue weighted by Gasteiger charge is -2.35. The van der Waals surface area contributed by atoms with Crippen LogP contribution in [0.15, 0.2) is 89.1 Å². The minimum atomic E-state index is -0.468. The van der Waals surface area contributed by atoms with Crippen molar-refractivity contribution in [2.24, 2.45) is 0 Å². The lowest BCUT2D eigenvalue weighted by Crippen LogP contribution is -2.46. The highest BCUT2D eigenvalue weighted by Crippen LogP contribution is 2.39. The largest absolute Gasteiger partial charge is 0.494 e. The lowest BCUT2D eigenvalue weighted by atomic mass is 9.94. The monoisotopic (exact) mass is 466 g/mol. The van der Waals surface area contributed by atoms with Gasteiger partial charge in [-0.1, -0.05) is 65.3 Å². The molecule has 1 unspecified atom stereocenters. The molecule has 2 heterocycles. The molecular formula is C28H26N4O3. The Bertz CT molecular complexity index is 1360. The third kappa shape index (κ3) is 4.40. The molecule has 7 nitrogen and oxygen atoms in total. The number of rotatable bonds is 6. The summed E-state index contributed by atoms with van der Waals surface area (Å²) < 4.78 is 11.4. The molecule has 5 rings (SSSR count). The molecule has 4 aromatic rings. The smallest absolute Gasteiger partial charge is 0.326 e. The lowest BCUT2D eigenvalue weighted by molar-refractivity contribution is 0.244. The van der Waals surface area contributed by atoms with Gasteiger partial charge in [0, 0.05) is 11.3 Å². The maximum Gasteiger partial charge on any atom is 0.326 e. The first-order chi connectivity index (χ1) is 17.0. The van der Waals surface area contributed by atoms with Gasteiger partial charge in [0.15, 0.2) is 0 Å². The predicted octanol–water partition coefficient (Wildman–Crippen LogP) is 6.15. The van der Waals surface area contributed by atoms with Crippen molar-refractivity contribution in [3.63, 3.8) is 0 Å². The molecule has 1 aliphatic rings. The summed E-state index contributed by atoms with van der Waals surface area (Å²) in [6.45, 7) is 6.46. The van der Waals surface area contributed by atoms with Crippen LogP contribution < -0.4 is 15.0 Å². The van der Waals surface area contributed by atoms with Crippen molar-refractivity contribution < 1.29 is 14.1 Å². The number of para-hydroxylation sites is 1. The highest BCUT2D eigenvalue weighted by molar-refractivity contribution is 6.01. The molecule has 0 bridgehead atoms. The number of amides is 2. The Hall–Kier alpha value is -4.39. The van der Waals surface area contributed by atoms with Crippen LogP contribution in [0.2, 0.25) is 0 Å². The molecular weight excluding hydrogens is 440 g/mol. The molecule has 1 atom stereocenters. The predicted molar refractivity (Wildman–Crippen MR) is 135 cm³/mol. The second-order valence-electron chi connectivity index (χ2n) is 8.34. The van der Waals surface area contributed by atoms with Crippen LogP contribution in [0, 0.1) is 6.92 Å². The van der Waals surface area contributed by atoms with E-state index in [9.17, 15) is 4.79 Å². The number of allylic oxidation sites excluding steroid dienone is 1. The van der Waals surface area contributed by atoms with Crippen LogP contribution in [0.25, 0.3) is 17.0 Å². The van der Waals surface area contributed by atoms with Gasteiger partial charge in [0.05, 0.1) is 23.9 Å². The standard InChI is InChI=1S/C28H26N4O3/c1-4-34-23-16-14-20(15-17-23)25-24(19(3)32(28(33)29-25)22-8-6-5-7-9-22)27-30-26(31-35-27)21-12-10-18(2)11-13-21/h5-17,25H,4H2,1-3H3,(H,29,33). The summed E-state index contributed by atoms with van der Waals surface area (Å²) in [6, 6.07) is 24.4. The van der Waals surface area contributed by atoms with Gasteiger partial charge in [0.1, 0.15) is 5.75 Å². The van der Waals surface area contributed by atoms with Gasteiger partial charge in [0.2, 0.25) is 5.82 Å². The normalized spacial score (nSPS) is 15.8. The molecule has 0 spiro atoms. The quantitative estimate of drug-likeness (QED) is 0.369. The van der Waals surface area contributed by atoms with Crippen LogP contribution in [-0.2, 0) is 0 Å². The first-order valence-electron chi connectivity index (χ1n) is 11.6. The molecule has 2 amide bonds. The highest BCUT2D eigenvalue weighted by atomic mass is 16.5. The molecule has 35 heavy (non-hydrogen) atoms. The van der Waals surface area contributed by atoms with Gasteiger partial charge in [-0.3, -0.25) is 4.90 Å². The van der Waals surface area contributed by atoms with Crippen molar-refractivity contribution in [2.45, 2.75) is 26.8 Å². The molecule has 1 aromatic heterocycles. The van der Waals surface area contributed by atoms with E-state index in [1.165, 1.54) is 0 Å². The van der Waals surface area contributed by atoms with Gasteiger partial charge in [-0.05, 0) is 50.6 Å². The number of carbonyl (C=O) groups excluding carboxylic acids is 1. The van der Waals surface area contributed by atoms with E-state index in [-0.39, 0.29) is 6.03 Å². The van der Waals surface area contributed by atoms with E-state index >= 15 is 0 Å². The van der Waals surface area contributed by atoms with Gasteiger partial charge in [-0.25, -0.2) is 4.79 Å². The van der Waals surface area contributed by atoms with E-state index in [2.05, 4.69) is 10.5 Å². The molecule has 3 aromatic carbocycles. The first-order valence-corrected chi connectivity index (χ1v) is 11.6. The van der Waals surface area contributed by atoms with Crippen LogP contribution >= 0.6 is 0 Å². The van der Waals surface area contributed by atoms with Crippen molar-refractivity contribution in [2.75, 3.05) is 11.5 Å². The summed E-state index contributed by atoms with van der Waals surface area (Å²) in [7, 11) is 0. The summed E-state index contributed by atoms with van der Waals surface area (Å²) in [4.78, 5) is 19.6. The second kappa shape index (κ2) is 9.46. The fourth-order valence-corrected chi connectivity index (χ4v) is 4.23. The summed E-state index contributed by atoms with van der Waals surface area (Å²) in [5.41, 5.74) is 5.12. The fraction of sp³-hybridized carbons (Fsp3) is 0.179. The fourth-order valence-electron chi connectivity index (χ4n) is 4.23. The van der Waals surface area contributed by atoms with Crippen LogP contribution in [0.4, 0.5) is 10.5 Å². The number of aryl methyl sites for hydroxylation is 1. The number of hydrogen-bond donors (Lipinski definition) is 1. The number of nitrogens with one attached hydrogen (secondary N) is 1. The van der Waals surface area contributed by atoms with Crippen molar-refractivity contribution in [3.8, 4) is 17.1 Å². The van der Waals surface area contributed by atoms with Gasteiger partial charge in [-0.2, -0.15) is 4.98 Å². The molecule has 0 saturated heterocycles. The highest BCUT2D eigenvalue weighted by Gasteiger charge is 2.36. The van der Waals surface area contributed by atoms with Crippen molar-refractivity contribution in [1.29, 1.82) is 0 Å². The molecule has 0 radical (unpaired) electrons. The number of ether oxygens (including phenoxy) is 1. The van der Waals surface area contributed by atoms with Gasteiger partial charge < -0.3 is 14.6 Å². The van der Waals surface area contributed by atoms with Crippen molar-refractivity contribution in [3.05, 3.63) is 102 Å². The number of hydrogen-bond acceptors (Lipinski definition) is 5. The topological polar surface area (TPSA) is 80.5 Å². The zero-order chi connectivity index (χ0) is 24.4. The number of nitrogens with zero attached hydrogens (tertiary/aromatic N) is 3. The second-order valence-corrected chi connectivity index (χ2v) is 8.34. The number of benzene rings is 3. The van der Waals surface area contributed by atoms with Gasteiger partial charge in [-0.15, -0.1) is 0 Å². The zero-order valence-electron chi connectivity index (χ0n) is 19.9. The van der Waals surface area contributed by atoms with Crippen LogP contribution in [0.1, 0.15) is 36.9 Å². The average Bonchev–Trinajstić information content (AvgIpc) is 3.35. The Morgan fingerprint density at radius 1 is 0.971 bits per heavy atom. The van der Waals surface area contributed by atoms with Crippen molar-refractivity contribution in [1.82, 2.24) is 15.5 Å². The van der Waals surface area contributed by atoms with E-state index in [1.807, 2.05) is 99.6 Å². The zero-order valence-corrected chi connectivity index (χ0v) is 19.9. The molecule has 0 fully saturated rings. The number of aromatic nitrogens is 2. The maximum atomic E-state index is 13.3. The minimum absolute atomic E-state index is 0.227. The van der Waals surface area contributed by atoms with Crippen LogP contribution in [0.5, 0.6) is 5.75 Å². The van der Waals surface area contributed by atoms with E-state index in [1.54, 1.807) is 4.90 Å². The Morgan fingerprint density at radius 2 is 1.69 bits per heavy atom. The SMILES string of the molecule is CCOc1ccc(C2NC(=O)N(c3ccccc3)C(C)=C2c2nc(-c3ccc(C)cc3)no2)cc1. The van der Waals surface area contributed by atoms with Gasteiger partial charge in [0.25, 0.3) is 5.89 Å². The number of carbonyl (C=O) groups is 1. The van der Waals surface area contributed by atoms with Crippen LogP contribution in [-0.4, -0.2) is 22.8 Å². The number of urea groups is 1. The first kappa shape index (κ1) is 22.4. The van der Waals surface area contributed by atoms with E-state index in [0.717, 1.165) is 39.4 Å². The Morgan fingerprint density at radius 3 is 2.37 bits per heavy atom. The van der Waals surface area contributed by atoms with Crippen LogP contribution in [0.3, 0.4) is 0 Å². The summed E-state index contributed by atoms with van der Waals surface area (Å²) >= 11 is 0. The average molecular weight is 467 g/mol. The Balaban J connectivity index is 1.61. The van der Waals surface area contributed by atoms with Crippen molar-refractivity contribution >= 4 is 17.3 Å². The summed E-state index contributed by atoms with van der Waals surface area (Å²) in [6.07, 6.45) is 0. The number of anilines is 1. The van der Waals surface area contributed by atoms with Gasteiger partial charge >= 0.3 is 6.03 Å². The summed E-state index contributed by atoms with van der Waals surface area (Å²) in [5, 5.41) is 7.37. The van der Waals surface area contributed by atoms with E-state index in [4.69, 9.17) is 14.2 Å². The molecule has 7 heteroatoms. The van der Waals surface area contributed by atoms with E-state index in [0.29, 0.717) is 18.3 Å². The maximum absolute atomic E-state index is 13.3. The van der Waals surface area contributed by atoms with E-state index < -0.39 is 6.04 Å². The summed E-state index contributed by atoms with van der Waals surface area (Å²) in [5.74, 6) is 1.62. The molecule has 1 aliphatic heterocycles. The Labute approximate surface area is 204 Å². The molecule has 176 valence electrons. The molecule has 1 N–H and O–H groups in total. The molecule has 0 aliphatic carbocycles. The third-order valence-corrected chi connectivity index (χ3v) is 5.99. The minimum Gasteiger partial charge on any atom is -0.494 e. The Kier molecular flexibility index (Phi) is 6.06. The third-order valence-electron chi connectivity index (χ3n) is 5.99. The molecule has 0 saturated carbocycles.